The van der Waals surface area contributed by atoms with Crippen molar-refractivity contribution in [3.8, 4) is 23.3 Å². The molecule has 0 atom stereocenters. The summed E-state index contributed by atoms with van der Waals surface area (Å²) in [5.41, 5.74) is 0.189. The van der Waals surface area contributed by atoms with E-state index in [1.807, 2.05) is 6.07 Å². The molecule has 0 radical (unpaired) electrons. The average Bonchev–Trinajstić information content (AvgIpc) is 2.32. The Morgan fingerprint density at radius 2 is 1.94 bits per heavy atom. The lowest BCUT2D eigenvalue weighted by Crippen LogP contribution is -1.89. The van der Waals surface area contributed by atoms with E-state index in [1.54, 1.807) is 0 Å². The molecule has 3 nitrogen and oxygen atoms in total. The van der Waals surface area contributed by atoms with Crippen LogP contribution in [0.2, 0.25) is 0 Å². The van der Waals surface area contributed by atoms with Crippen molar-refractivity contribution >= 4 is 0 Å². The third-order valence-electron chi connectivity index (χ3n) is 2.13. The molecule has 17 heavy (non-hydrogen) atoms. The summed E-state index contributed by atoms with van der Waals surface area (Å²) in [5.74, 6) is -0.353. The molecule has 2 aromatic rings. The molecule has 0 fully saturated rings. The molecule has 0 saturated heterocycles. The van der Waals surface area contributed by atoms with Gasteiger partial charge in [0.15, 0.2) is 11.5 Å². The fraction of sp³-hybridized carbons (Fsp3) is 0. The Kier molecular flexibility index (Phi) is 2.93. The number of hydrogen-bond donors (Lipinski definition) is 1. The molecule has 4 heteroatoms. The van der Waals surface area contributed by atoms with Crippen LogP contribution in [0.25, 0.3) is 0 Å². The minimum Gasteiger partial charge on any atom is -0.504 e. The van der Waals surface area contributed by atoms with Gasteiger partial charge in [0.25, 0.3) is 0 Å². The molecule has 0 saturated carbocycles. The summed E-state index contributed by atoms with van der Waals surface area (Å²) in [6, 6.07) is 11.8. The molecule has 0 aliphatic carbocycles. The summed E-state index contributed by atoms with van der Waals surface area (Å²) in [7, 11) is 0. The van der Waals surface area contributed by atoms with Gasteiger partial charge >= 0.3 is 0 Å². The molecular formula is C13H8FNO2. The second-order valence-corrected chi connectivity index (χ2v) is 3.33. The van der Waals surface area contributed by atoms with E-state index >= 15 is 0 Å². The molecule has 0 amide bonds. The summed E-state index contributed by atoms with van der Waals surface area (Å²) >= 11 is 0. The average molecular weight is 229 g/mol. The molecule has 0 heterocycles. The van der Waals surface area contributed by atoms with Gasteiger partial charge in [-0.1, -0.05) is 12.1 Å². The number of halogens is 1. The highest BCUT2D eigenvalue weighted by atomic mass is 19.1. The first-order valence-corrected chi connectivity index (χ1v) is 4.86. The minimum absolute atomic E-state index is 0.0283. The van der Waals surface area contributed by atoms with E-state index in [-0.39, 0.29) is 22.8 Å². The van der Waals surface area contributed by atoms with E-state index < -0.39 is 5.82 Å². The largest absolute Gasteiger partial charge is 0.504 e. The van der Waals surface area contributed by atoms with Crippen molar-refractivity contribution in [2.24, 2.45) is 0 Å². The molecule has 2 rings (SSSR count). The summed E-state index contributed by atoms with van der Waals surface area (Å²) < 4.78 is 18.2. The van der Waals surface area contributed by atoms with Gasteiger partial charge in [-0.15, -0.1) is 0 Å². The smallest absolute Gasteiger partial charge is 0.186 e. The molecule has 0 spiro atoms. The van der Waals surface area contributed by atoms with Crippen LogP contribution in [0.15, 0.2) is 42.5 Å². The van der Waals surface area contributed by atoms with Crippen LogP contribution >= 0.6 is 0 Å². The molecule has 84 valence electrons. The maximum atomic E-state index is 12.9. The molecule has 1 N–H and O–H groups in total. The van der Waals surface area contributed by atoms with Crippen LogP contribution in [0.3, 0.4) is 0 Å². The monoisotopic (exact) mass is 229 g/mol. The zero-order valence-electron chi connectivity index (χ0n) is 8.72. The third kappa shape index (κ3) is 2.34. The number of hydrogen-bond acceptors (Lipinski definition) is 3. The van der Waals surface area contributed by atoms with Crippen molar-refractivity contribution in [3.63, 3.8) is 0 Å². The van der Waals surface area contributed by atoms with Gasteiger partial charge in [0, 0.05) is 6.07 Å². The van der Waals surface area contributed by atoms with Crippen LogP contribution in [-0.2, 0) is 0 Å². The summed E-state index contributed by atoms with van der Waals surface area (Å²) in [4.78, 5) is 0. The van der Waals surface area contributed by atoms with Crippen LogP contribution in [0.1, 0.15) is 5.56 Å². The topological polar surface area (TPSA) is 53.2 Å². The van der Waals surface area contributed by atoms with E-state index in [1.165, 1.54) is 42.5 Å². The number of nitrogens with zero attached hydrogens (tertiary/aromatic N) is 1. The highest BCUT2D eigenvalue weighted by molar-refractivity contribution is 5.53. The number of ether oxygens (including phenoxy) is 1. The number of aromatic hydroxyl groups is 1. The van der Waals surface area contributed by atoms with Gasteiger partial charge in [0.2, 0.25) is 0 Å². The maximum absolute atomic E-state index is 12.9. The van der Waals surface area contributed by atoms with E-state index in [9.17, 15) is 9.50 Å². The van der Waals surface area contributed by atoms with Crippen LogP contribution in [0.4, 0.5) is 4.39 Å². The number of benzene rings is 2. The van der Waals surface area contributed by atoms with Crippen LogP contribution in [0, 0.1) is 17.1 Å². The first-order chi connectivity index (χ1) is 8.20. The van der Waals surface area contributed by atoms with E-state index in [2.05, 4.69) is 0 Å². The Balaban J connectivity index is 2.40. The minimum atomic E-state index is -0.448. The normalized spacial score (nSPS) is 9.65. The zero-order valence-corrected chi connectivity index (χ0v) is 8.72. The first-order valence-electron chi connectivity index (χ1n) is 4.86. The Morgan fingerprint density at radius 1 is 1.18 bits per heavy atom. The molecule has 0 aliphatic rings. The fourth-order valence-corrected chi connectivity index (χ4v) is 1.37. The summed E-state index contributed by atoms with van der Waals surface area (Å²) in [5, 5.41) is 18.4. The molecule has 0 aliphatic heterocycles. The first kappa shape index (κ1) is 11.0. The van der Waals surface area contributed by atoms with Crippen molar-refractivity contribution in [1.82, 2.24) is 0 Å². The molecule has 0 unspecified atom stereocenters. The van der Waals surface area contributed by atoms with E-state index in [0.717, 1.165) is 0 Å². The van der Waals surface area contributed by atoms with Gasteiger partial charge in [0.1, 0.15) is 17.6 Å². The summed E-state index contributed by atoms with van der Waals surface area (Å²) in [6.45, 7) is 0. The lowest BCUT2D eigenvalue weighted by atomic mass is 10.2. The summed E-state index contributed by atoms with van der Waals surface area (Å²) in [6.07, 6.45) is 0. The quantitative estimate of drug-likeness (QED) is 0.860. The Bertz CT molecular complexity index is 590. The molecule has 0 aromatic heterocycles. The van der Waals surface area contributed by atoms with Crippen molar-refractivity contribution in [2.45, 2.75) is 0 Å². The maximum Gasteiger partial charge on any atom is 0.186 e. The van der Waals surface area contributed by atoms with Crippen molar-refractivity contribution < 1.29 is 14.2 Å². The van der Waals surface area contributed by atoms with Gasteiger partial charge in [-0.2, -0.15) is 5.26 Å². The predicted molar refractivity (Wildman–Crippen MR) is 59.3 cm³/mol. The van der Waals surface area contributed by atoms with Crippen molar-refractivity contribution in [3.05, 3.63) is 53.8 Å². The SMILES string of the molecule is N#Cc1cccc(O)c1Oc1cccc(F)c1. The molecular weight excluding hydrogens is 221 g/mol. The second-order valence-electron chi connectivity index (χ2n) is 3.33. The van der Waals surface area contributed by atoms with Crippen LogP contribution in [-0.4, -0.2) is 5.11 Å². The Morgan fingerprint density at radius 3 is 2.65 bits per heavy atom. The number of nitriles is 1. The van der Waals surface area contributed by atoms with Gasteiger partial charge in [-0.3, -0.25) is 0 Å². The highest BCUT2D eigenvalue weighted by Crippen LogP contribution is 2.33. The highest BCUT2D eigenvalue weighted by Gasteiger charge is 2.10. The lowest BCUT2D eigenvalue weighted by molar-refractivity contribution is 0.408. The van der Waals surface area contributed by atoms with Gasteiger partial charge in [-0.05, 0) is 24.3 Å². The van der Waals surface area contributed by atoms with Crippen molar-refractivity contribution in [2.75, 3.05) is 0 Å². The third-order valence-corrected chi connectivity index (χ3v) is 2.13. The fourth-order valence-electron chi connectivity index (χ4n) is 1.37. The Labute approximate surface area is 97.3 Å². The molecule has 0 bridgehead atoms. The standard InChI is InChI=1S/C13H8FNO2/c14-10-4-2-5-11(7-10)17-13-9(8-15)3-1-6-12(13)16/h1-7,16H. The van der Waals surface area contributed by atoms with Gasteiger partial charge in [-0.25, -0.2) is 4.39 Å². The van der Waals surface area contributed by atoms with Gasteiger partial charge < -0.3 is 9.84 Å². The number of rotatable bonds is 2. The van der Waals surface area contributed by atoms with Crippen LogP contribution < -0.4 is 4.74 Å². The number of para-hydroxylation sites is 1. The predicted octanol–water partition coefficient (Wildman–Crippen LogP) is 3.20. The van der Waals surface area contributed by atoms with Crippen molar-refractivity contribution in [1.29, 1.82) is 5.26 Å². The van der Waals surface area contributed by atoms with Crippen LogP contribution in [0.5, 0.6) is 17.2 Å². The van der Waals surface area contributed by atoms with Gasteiger partial charge in [0.05, 0.1) is 5.56 Å². The lowest BCUT2D eigenvalue weighted by Gasteiger charge is -2.08. The number of phenolic OH excluding ortho intramolecular Hbond substituents is 1. The second kappa shape index (κ2) is 4.54. The Hall–Kier alpha value is -2.54. The zero-order chi connectivity index (χ0) is 12.3. The van der Waals surface area contributed by atoms with E-state index in [4.69, 9.17) is 10.00 Å². The molecule has 2 aromatic carbocycles. The van der Waals surface area contributed by atoms with E-state index in [0.29, 0.717) is 0 Å². The number of phenols is 1.